The Morgan fingerprint density at radius 2 is 1.86 bits per heavy atom. The highest BCUT2D eigenvalue weighted by Crippen LogP contribution is 2.29. The lowest BCUT2D eigenvalue weighted by Gasteiger charge is -2.35. The van der Waals surface area contributed by atoms with Crippen LogP contribution >= 0.6 is 0 Å². The highest BCUT2D eigenvalue weighted by molar-refractivity contribution is 6.08. The largest absolute Gasteiger partial charge is 0.443 e. The van der Waals surface area contributed by atoms with Gasteiger partial charge in [0.2, 0.25) is 0 Å². The zero-order valence-corrected chi connectivity index (χ0v) is 25.6. The molecule has 2 amide bonds. The summed E-state index contributed by atoms with van der Waals surface area (Å²) in [5, 5.41) is 12.3. The smallest absolute Gasteiger partial charge is 0.416 e. The fraction of sp³-hybridized carbons (Fsp3) is 0.364. The van der Waals surface area contributed by atoms with Crippen molar-refractivity contribution >= 4 is 40.1 Å². The molecule has 0 saturated carbocycles. The molecule has 1 saturated heterocycles. The number of aryl methyl sites for hydroxylation is 1. The topological polar surface area (TPSA) is 119 Å². The normalized spacial score (nSPS) is 14.2. The molecule has 1 aliphatic heterocycles. The van der Waals surface area contributed by atoms with Gasteiger partial charge in [0.15, 0.2) is 0 Å². The lowest BCUT2D eigenvalue weighted by atomic mass is 10.1. The predicted octanol–water partition coefficient (Wildman–Crippen LogP) is 5.44. The number of carbonyl (C=O) groups excluding carboxylic acids is 2. The summed E-state index contributed by atoms with van der Waals surface area (Å²) in [4.78, 5) is 37.8. The number of fused-ring (bicyclic) bond motifs is 2. The van der Waals surface area contributed by atoms with Gasteiger partial charge in [0.05, 0.1) is 35.3 Å². The first-order valence-electron chi connectivity index (χ1n) is 15.1. The summed E-state index contributed by atoms with van der Waals surface area (Å²) in [6.07, 6.45) is 5.33. The van der Waals surface area contributed by atoms with Crippen LogP contribution in [0, 0.1) is 0 Å². The third-order valence-electron chi connectivity index (χ3n) is 7.70. The second-order valence-electron chi connectivity index (χ2n) is 12.0. The van der Waals surface area contributed by atoms with Gasteiger partial charge in [0.25, 0.3) is 5.91 Å². The molecule has 1 aliphatic rings. The van der Waals surface area contributed by atoms with Gasteiger partial charge in [-0.1, -0.05) is 25.1 Å². The van der Waals surface area contributed by atoms with E-state index in [9.17, 15) is 9.59 Å². The number of nitrogens with zero attached hydrogens (tertiary/aromatic N) is 6. The molecule has 0 bridgehead atoms. The van der Waals surface area contributed by atoms with Crippen LogP contribution in [0.3, 0.4) is 0 Å². The minimum atomic E-state index is -0.622. The van der Waals surface area contributed by atoms with E-state index in [-0.39, 0.29) is 11.9 Å². The maximum atomic E-state index is 13.4. The van der Waals surface area contributed by atoms with Gasteiger partial charge in [0.1, 0.15) is 22.8 Å². The molecule has 228 valence electrons. The Balaban J connectivity index is 1.31. The van der Waals surface area contributed by atoms with Crippen LogP contribution in [0.5, 0.6) is 0 Å². The number of ether oxygens (including phenoxy) is 1. The number of hydrogen-bond donors (Lipinski definition) is 2. The first-order valence-corrected chi connectivity index (χ1v) is 15.1. The molecular formula is C33H38N8O3. The molecule has 44 heavy (non-hydrogen) atoms. The van der Waals surface area contributed by atoms with Crippen LogP contribution in [-0.4, -0.2) is 60.9 Å². The molecule has 1 aromatic carbocycles. The van der Waals surface area contributed by atoms with E-state index in [0.29, 0.717) is 35.8 Å². The molecule has 5 heterocycles. The summed E-state index contributed by atoms with van der Waals surface area (Å²) >= 11 is 0. The molecular weight excluding hydrogens is 556 g/mol. The molecule has 5 aromatic rings. The van der Waals surface area contributed by atoms with E-state index < -0.39 is 11.7 Å². The fourth-order valence-corrected chi connectivity index (χ4v) is 5.72. The Bertz CT molecular complexity index is 1810. The molecule has 0 aliphatic carbocycles. The quantitative estimate of drug-likeness (QED) is 0.258. The van der Waals surface area contributed by atoms with Crippen LogP contribution in [0.1, 0.15) is 62.4 Å². The second kappa shape index (κ2) is 12.1. The Morgan fingerprint density at radius 1 is 1.07 bits per heavy atom. The molecule has 6 rings (SSSR count). The van der Waals surface area contributed by atoms with E-state index in [0.717, 1.165) is 48.2 Å². The van der Waals surface area contributed by atoms with Crippen molar-refractivity contribution in [3.05, 3.63) is 84.1 Å². The summed E-state index contributed by atoms with van der Waals surface area (Å²) in [7, 11) is 0. The SMILES string of the molecule is CCc1nn(Cc2cccc(N(C(=O)OC(C)(C)C)C3CCNCC3)n2)c2cccc(NC(=O)c3cnc4ccccn34)c12. The highest BCUT2D eigenvalue weighted by atomic mass is 16.6. The third kappa shape index (κ3) is 6.00. The van der Waals surface area contributed by atoms with Gasteiger partial charge in [-0.25, -0.2) is 14.8 Å². The van der Waals surface area contributed by atoms with Crippen molar-refractivity contribution in [1.29, 1.82) is 0 Å². The molecule has 0 radical (unpaired) electrons. The zero-order chi connectivity index (χ0) is 30.8. The molecule has 0 atom stereocenters. The van der Waals surface area contributed by atoms with Gasteiger partial charge in [-0.15, -0.1) is 0 Å². The summed E-state index contributed by atoms with van der Waals surface area (Å²) in [5.74, 6) is 0.317. The third-order valence-corrected chi connectivity index (χ3v) is 7.70. The number of aromatic nitrogens is 5. The average Bonchev–Trinajstić information content (AvgIpc) is 3.59. The number of imidazole rings is 1. The Morgan fingerprint density at radius 3 is 2.64 bits per heavy atom. The minimum absolute atomic E-state index is 0.00911. The fourth-order valence-electron chi connectivity index (χ4n) is 5.72. The second-order valence-corrected chi connectivity index (χ2v) is 12.0. The van der Waals surface area contributed by atoms with Crippen LogP contribution in [0.15, 0.2) is 67.0 Å². The van der Waals surface area contributed by atoms with E-state index in [4.69, 9.17) is 14.8 Å². The molecule has 11 nitrogen and oxygen atoms in total. The number of rotatable bonds is 7. The van der Waals surface area contributed by atoms with Gasteiger partial charge >= 0.3 is 6.09 Å². The van der Waals surface area contributed by atoms with Crippen LogP contribution in [-0.2, 0) is 17.7 Å². The van der Waals surface area contributed by atoms with Crippen molar-refractivity contribution in [3.8, 4) is 0 Å². The molecule has 2 N–H and O–H groups in total. The number of anilines is 2. The lowest BCUT2D eigenvalue weighted by molar-refractivity contribution is 0.0558. The van der Waals surface area contributed by atoms with Crippen molar-refractivity contribution < 1.29 is 14.3 Å². The Kier molecular flexibility index (Phi) is 8.05. The molecule has 11 heteroatoms. The van der Waals surface area contributed by atoms with E-state index in [1.54, 1.807) is 15.5 Å². The van der Waals surface area contributed by atoms with Crippen LogP contribution in [0.2, 0.25) is 0 Å². The molecule has 4 aromatic heterocycles. The number of amides is 2. The van der Waals surface area contributed by atoms with Gasteiger partial charge in [-0.3, -0.25) is 18.8 Å². The van der Waals surface area contributed by atoms with Crippen molar-refractivity contribution in [2.24, 2.45) is 0 Å². The maximum Gasteiger partial charge on any atom is 0.416 e. The standard InChI is InChI=1S/C33H38N8O3/c1-5-24-30-25(37-31(42)27-20-35-28-13-6-7-19-39(27)28)11-9-12-26(30)40(38-24)21-22-10-8-14-29(36-22)41(23-15-17-34-18-16-23)32(43)44-33(2,3)4/h6-14,19-20,23,34H,5,15-18,21H2,1-4H3,(H,37,42). The number of piperidine rings is 1. The number of benzene rings is 1. The van der Waals surface area contributed by atoms with E-state index >= 15 is 0 Å². The summed E-state index contributed by atoms with van der Waals surface area (Å²) in [6.45, 7) is 9.72. The summed E-state index contributed by atoms with van der Waals surface area (Å²) in [5.41, 5.74) is 3.73. The van der Waals surface area contributed by atoms with Gasteiger partial charge in [0, 0.05) is 17.6 Å². The maximum absolute atomic E-state index is 13.4. The average molecular weight is 595 g/mol. The van der Waals surface area contributed by atoms with Crippen LogP contribution in [0.4, 0.5) is 16.3 Å². The zero-order valence-electron chi connectivity index (χ0n) is 25.6. The lowest BCUT2D eigenvalue weighted by Crippen LogP contribution is -2.48. The van der Waals surface area contributed by atoms with Gasteiger partial charge in [-0.05, 0) is 89.5 Å². The molecule has 0 spiro atoms. The van der Waals surface area contributed by atoms with Gasteiger partial charge < -0.3 is 15.4 Å². The predicted molar refractivity (Wildman–Crippen MR) is 170 cm³/mol. The van der Waals surface area contributed by atoms with Crippen LogP contribution in [0.25, 0.3) is 16.6 Å². The monoisotopic (exact) mass is 594 g/mol. The first kappa shape index (κ1) is 29.3. The van der Waals surface area contributed by atoms with Gasteiger partial charge in [-0.2, -0.15) is 5.10 Å². The van der Waals surface area contributed by atoms with Crippen LogP contribution < -0.4 is 15.5 Å². The summed E-state index contributed by atoms with van der Waals surface area (Å²) < 4.78 is 9.48. The molecule has 0 unspecified atom stereocenters. The summed E-state index contributed by atoms with van der Waals surface area (Å²) in [6, 6.07) is 17.1. The van der Waals surface area contributed by atoms with Crippen molar-refractivity contribution in [3.63, 3.8) is 0 Å². The number of carbonyl (C=O) groups is 2. The minimum Gasteiger partial charge on any atom is -0.443 e. The highest BCUT2D eigenvalue weighted by Gasteiger charge is 2.32. The number of nitrogens with one attached hydrogen (secondary N) is 2. The van der Waals surface area contributed by atoms with Crippen molar-refractivity contribution in [2.45, 2.75) is 65.1 Å². The number of hydrogen-bond acceptors (Lipinski definition) is 7. The van der Waals surface area contributed by atoms with Crippen molar-refractivity contribution in [2.75, 3.05) is 23.3 Å². The van der Waals surface area contributed by atoms with E-state index in [1.165, 1.54) is 0 Å². The number of pyridine rings is 2. The first-order chi connectivity index (χ1) is 21.2. The van der Waals surface area contributed by atoms with E-state index in [1.807, 2.05) is 93.2 Å². The Labute approximate surface area is 256 Å². The van der Waals surface area contributed by atoms with Crippen molar-refractivity contribution in [1.82, 2.24) is 29.5 Å². The Hall–Kier alpha value is -4.77. The molecule has 1 fully saturated rings. The van der Waals surface area contributed by atoms with E-state index in [2.05, 4.69) is 15.6 Å².